The van der Waals surface area contributed by atoms with Crippen molar-refractivity contribution in [2.24, 2.45) is 0 Å². The second kappa shape index (κ2) is 3.91. The Balaban J connectivity index is 3.08. The number of aromatic hydroxyl groups is 1. The van der Waals surface area contributed by atoms with Gasteiger partial charge in [0.05, 0.1) is 5.69 Å². The van der Waals surface area contributed by atoms with E-state index in [1.54, 1.807) is 0 Å². The highest BCUT2D eigenvalue weighted by atomic mass is 16.3. The van der Waals surface area contributed by atoms with Gasteiger partial charge >= 0.3 is 0 Å². The zero-order chi connectivity index (χ0) is 10.7. The van der Waals surface area contributed by atoms with E-state index in [-0.39, 0.29) is 23.1 Å². The molecule has 0 aliphatic carbocycles. The number of carbonyl (C=O) groups is 2. The maximum absolute atomic E-state index is 11.0. The number of Topliss-reactive ketones (excluding diaryl/α,β-unsaturated/α-hetero) is 1. The van der Waals surface area contributed by atoms with Crippen molar-refractivity contribution in [2.45, 2.75) is 13.8 Å². The van der Waals surface area contributed by atoms with Crippen molar-refractivity contribution in [3.05, 3.63) is 23.8 Å². The van der Waals surface area contributed by atoms with Crippen LogP contribution in [0.2, 0.25) is 0 Å². The normalized spacial score (nSPS) is 9.57. The van der Waals surface area contributed by atoms with Gasteiger partial charge in [-0.15, -0.1) is 0 Å². The topological polar surface area (TPSA) is 66.4 Å². The van der Waals surface area contributed by atoms with Gasteiger partial charge in [-0.1, -0.05) is 0 Å². The van der Waals surface area contributed by atoms with Crippen LogP contribution in [0.1, 0.15) is 24.2 Å². The number of phenols is 1. The van der Waals surface area contributed by atoms with Gasteiger partial charge in [0.25, 0.3) is 0 Å². The van der Waals surface area contributed by atoms with E-state index in [1.807, 2.05) is 0 Å². The van der Waals surface area contributed by atoms with Crippen LogP contribution in [0.25, 0.3) is 0 Å². The van der Waals surface area contributed by atoms with Crippen molar-refractivity contribution in [3.63, 3.8) is 0 Å². The van der Waals surface area contributed by atoms with E-state index in [9.17, 15) is 14.7 Å². The molecule has 0 unspecified atom stereocenters. The molecule has 2 N–H and O–H groups in total. The number of nitrogens with one attached hydrogen (secondary N) is 1. The zero-order valence-electron chi connectivity index (χ0n) is 8.00. The summed E-state index contributed by atoms with van der Waals surface area (Å²) in [5.74, 6) is -0.456. The van der Waals surface area contributed by atoms with E-state index in [2.05, 4.69) is 5.32 Å². The summed E-state index contributed by atoms with van der Waals surface area (Å²) in [4.78, 5) is 21.7. The summed E-state index contributed by atoms with van der Waals surface area (Å²) in [7, 11) is 0. The lowest BCUT2D eigenvalue weighted by Gasteiger charge is -2.05. The quantitative estimate of drug-likeness (QED) is 0.553. The van der Waals surface area contributed by atoms with Crippen molar-refractivity contribution in [2.75, 3.05) is 5.32 Å². The maximum Gasteiger partial charge on any atom is 0.221 e. The third-order valence-electron chi connectivity index (χ3n) is 1.71. The van der Waals surface area contributed by atoms with Gasteiger partial charge in [0.1, 0.15) is 5.75 Å². The number of carbonyl (C=O) groups excluding carboxylic acids is 2. The second-order valence-electron chi connectivity index (χ2n) is 2.97. The summed E-state index contributed by atoms with van der Waals surface area (Å²) in [5, 5.41) is 11.8. The summed E-state index contributed by atoms with van der Waals surface area (Å²) < 4.78 is 0. The fraction of sp³-hybridized carbons (Fsp3) is 0.200. The highest BCUT2D eigenvalue weighted by molar-refractivity contribution is 5.97. The second-order valence-corrected chi connectivity index (χ2v) is 2.97. The van der Waals surface area contributed by atoms with Crippen LogP contribution in [0.5, 0.6) is 5.75 Å². The van der Waals surface area contributed by atoms with E-state index in [4.69, 9.17) is 0 Å². The van der Waals surface area contributed by atoms with Crippen molar-refractivity contribution in [1.29, 1.82) is 0 Å². The number of anilines is 1. The Bertz CT molecular complexity index is 385. The van der Waals surface area contributed by atoms with Crippen molar-refractivity contribution in [1.82, 2.24) is 0 Å². The molecule has 0 saturated heterocycles. The van der Waals surface area contributed by atoms with Gasteiger partial charge in [0.2, 0.25) is 5.91 Å². The molecule has 1 amide bonds. The van der Waals surface area contributed by atoms with Gasteiger partial charge < -0.3 is 10.4 Å². The highest BCUT2D eigenvalue weighted by Gasteiger charge is 2.06. The Hall–Kier alpha value is -1.84. The van der Waals surface area contributed by atoms with Gasteiger partial charge in [0, 0.05) is 12.5 Å². The van der Waals surface area contributed by atoms with Gasteiger partial charge in [-0.05, 0) is 25.1 Å². The summed E-state index contributed by atoms with van der Waals surface area (Å²) in [6, 6.07) is 4.32. The predicted octanol–water partition coefficient (Wildman–Crippen LogP) is 1.55. The molecule has 1 aromatic rings. The van der Waals surface area contributed by atoms with Crippen molar-refractivity contribution >= 4 is 17.4 Å². The largest absolute Gasteiger partial charge is 0.506 e. The molecule has 1 rings (SSSR count). The van der Waals surface area contributed by atoms with E-state index in [1.165, 1.54) is 32.0 Å². The van der Waals surface area contributed by atoms with Crippen LogP contribution in [-0.2, 0) is 4.79 Å². The molecule has 0 spiro atoms. The number of benzene rings is 1. The van der Waals surface area contributed by atoms with Crippen LogP contribution >= 0.6 is 0 Å². The van der Waals surface area contributed by atoms with Crippen molar-refractivity contribution in [3.8, 4) is 5.75 Å². The van der Waals surface area contributed by atoms with E-state index in [0.29, 0.717) is 5.56 Å². The Morgan fingerprint density at radius 2 is 1.93 bits per heavy atom. The Labute approximate surface area is 81.6 Å². The third-order valence-corrected chi connectivity index (χ3v) is 1.71. The van der Waals surface area contributed by atoms with Crippen LogP contribution in [0, 0.1) is 0 Å². The Morgan fingerprint density at radius 1 is 1.29 bits per heavy atom. The predicted molar refractivity (Wildman–Crippen MR) is 52.4 cm³/mol. The number of amides is 1. The van der Waals surface area contributed by atoms with Crippen LogP contribution in [0.3, 0.4) is 0 Å². The molecule has 0 fully saturated rings. The first-order valence-corrected chi connectivity index (χ1v) is 4.12. The maximum atomic E-state index is 11.0. The summed E-state index contributed by atoms with van der Waals surface area (Å²) >= 11 is 0. The standard InChI is InChI=1S/C10H11NO3/c1-6(12)8-3-4-10(14)9(5-8)11-7(2)13/h3-5,14H,1-2H3,(H,11,13). The number of rotatable bonds is 2. The first kappa shape index (κ1) is 10.2. The van der Waals surface area contributed by atoms with Crippen LogP contribution in [0.4, 0.5) is 5.69 Å². The number of hydrogen-bond acceptors (Lipinski definition) is 3. The fourth-order valence-electron chi connectivity index (χ4n) is 1.04. The molecule has 14 heavy (non-hydrogen) atoms. The van der Waals surface area contributed by atoms with Crippen molar-refractivity contribution < 1.29 is 14.7 Å². The molecule has 0 bridgehead atoms. The minimum Gasteiger partial charge on any atom is -0.506 e. The molecular formula is C10H11NO3. The average molecular weight is 193 g/mol. The average Bonchev–Trinajstić information content (AvgIpc) is 2.07. The molecule has 0 radical (unpaired) electrons. The molecule has 0 atom stereocenters. The summed E-state index contributed by atoms with van der Waals surface area (Å²) in [6.07, 6.45) is 0. The van der Waals surface area contributed by atoms with Gasteiger partial charge in [0.15, 0.2) is 5.78 Å². The molecule has 1 aromatic carbocycles. The molecule has 0 aliphatic rings. The third kappa shape index (κ3) is 2.32. The molecular weight excluding hydrogens is 182 g/mol. The molecule has 4 nitrogen and oxygen atoms in total. The van der Waals surface area contributed by atoms with Gasteiger partial charge in [-0.3, -0.25) is 9.59 Å². The number of hydrogen-bond donors (Lipinski definition) is 2. The Morgan fingerprint density at radius 3 is 2.43 bits per heavy atom. The first-order valence-electron chi connectivity index (χ1n) is 4.12. The molecule has 74 valence electrons. The lowest BCUT2D eigenvalue weighted by molar-refractivity contribution is -0.114. The van der Waals surface area contributed by atoms with Crippen LogP contribution in [-0.4, -0.2) is 16.8 Å². The lowest BCUT2D eigenvalue weighted by Crippen LogP contribution is -2.06. The van der Waals surface area contributed by atoms with E-state index >= 15 is 0 Å². The zero-order valence-corrected chi connectivity index (χ0v) is 8.00. The molecule has 0 aliphatic heterocycles. The molecule has 0 aromatic heterocycles. The number of phenolic OH excluding ortho intramolecular Hbond substituents is 1. The minimum absolute atomic E-state index is 0.0507. The first-order chi connectivity index (χ1) is 6.50. The lowest BCUT2D eigenvalue weighted by atomic mass is 10.1. The molecule has 0 saturated carbocycles. The SMILES string of the molecule is CC(=O)Nc1cc(C(C)=O)ccc1O. The summed E-state index contributed by atoms with van der Waals surface area (Å²) in [6.45, 7) is 2.75. The molecule has 4 heteroatoms. The molecule has 0 heterocycles. The minimum atomic E-state index is -0.291. The fourth-order valence-corrected chi connectivity index (χ4v) is 1.04. The Kier molecular flexibility index (Phi) is 2.86. The van der Waals surface area contributed by atoms with Gasteiger partial charge in [-0.25, -0.2) is 0 Å². The number of ketones is 1. The van der Waals surface area contributed by atoms with Gasteiger partial charge in [-0.2, -0.15) is 0 Å². The van der Waals surface area contributed by atoms with Crippen LogP contribution < -0.4 is 5.32 Å². The highest BCUT2D eigenvalue weighted by Crippen LogP contribution is 2.24. The summed E-state index contributed by atoms with van der Waals surface area (Å²) in [5.41, 5.74) is 0.705. The monoisotopic (exact) mass is 193 g/mol. The van der Waals surface area contributed by atoms with E-state index < -0.39 is 0 Å². The smallest absolute Gasteiger partial charge is 0.221 e. The van der Waals surface area contributed by atoms with Crippen LogP contribution in [0.15, 0.2) is 18.2 Å². The van der Waals surface area contributed by atoms with E-state index in [0.717, 1.165) is 0 Å².